The van der Waals surface area contributed by atoms with E-state index in [1.807, 2.05) is 44.2 Å². The van der Waals surface area contributed by atoms with Crippen LogP contribution in [0.15, 0.2) is 42.5 Å². The fourth-order valence-electron chi connectivity index (χ4n) is 5.08. The first-order valence-corrected chi connectivity index (χ1v) is 11.5. The topological polar surface area (TPSA) is 92.3 Å². The number of nitrogens with zero attached hydrogens (tertiary/aromatic N) is 3. The Morgan fingerprint density at radius 2 is 1.74 bits per heavy atom. The second-order valence-corrected chi connectivity index (χ2v) is 9.85. The Labute approximate surface area is 184 Å². The minimum atomic E-state index is -0.918. The summed E-state index contributed by atoms with van der Waals surface area (Å²) in [7, 11) is 0. The third-order valence-electron chi connectivity index (χ3n) is 6.56. The number of benzene rings is 1. The summed E-state index contributed by atoms with van der Waals surface area (Å²) in [5.41, 5.74) is 0.890. The van der Waals surface area contributed by atoms with Crippen LogP contribution in [-0.4, -0.2) is 38.9 Å². The van der Waals surface area contributed by atoms with Crippen molar-refractivity contribution in [3.05, 3.63) is 53.1 Å². The lowest BCUT2D eigenvalue weighted by molar-refractivity contribution is -0.147. The van der Waals surface area contributed by atoms with Crippen molar-refractivity contribution in [2.75, 3.05) is 5.32 Å². The first-order valence-electron chi connectivity index (χ1n) is 10.7. The van der Waals surface area contributed by atoms with E-state index < -0.39 is 11.9 Å². The summed E-state index contributed by atoms with van der Waals surface area (Å²) < 4.78 is 0. The smallest absolute Gasteiger partial charge is 0.249 e. The molecule has 5 atom stereocenters. The summed E-state index contributed by atoms with van der Waals surface area (Å²) in [5, 5.41) is 12.2. The molecule has 2 aliphatic carbocycles. The Kier molecular flexibility index (Phi) is 4.97. The molecule has 0 spiro atoms. The summed E-state index contributed by atoms with van der Waals surface area (Å²) in [6.45, 7) is 4.01. The van der Waals surface area contributed by atoms with Crippen molar-refractivity contribution in [1.82, 2.24) is 15.1 Å². The highest BCUT2D eigenvalue weighted by atomic mass is 32.1. The fourth-order valence-corrected chi connectivity index (χ4v) is 5.83. The fraction of sp³-hybridized carbons (Fsp3) is 0.435. The molecule has 1 saturated carbocycles. The van der Waals surface area contributed by atoms with Crippen molar-refractivity contribution in [2.45, 2.75) is 38.6 Å². The van der Waals surface area contributed by atoms with E-state index in [0.29, 0.717) is 5.13 Å². The van der Waals surface area contributed by atoms with Crippen molar-refractivity contribution in [2.24, 2.45) is 23.7 Å². The third-order valence-corrected chi connectivity index (χ3v) is 7.69. The number of imide groups is 1. The molecular weight excluding hydrogens is 412 g/mol. The van der Waals surface area contributed by atoms with Crippen LogP contribution < -0.4 is 5.32 Å². The lowest BCUT2D eigenvalue weighted by atomic mass is 9.85. The zero-order chi connectivity index (χ0) is 21.7. The van der Waals surface area contributed by atoms with Crippen molar-refractivity contribution in [3.63, 3.8) is 0 Å². The molecule has 7 nitrogen and oxygen atoms in total. The molecule has 8 heteroatoms. The maximum Gasteiger partial charge on any atom is 0.249 e. The highest BCUT2D eigenvalue weighted by molar-refractivity contribution is 7.15. The molecule has 0 radical (unpaired) electrons. The number of allylic oxidation sites excluding steroid dienone is 2. The highest BCUT2D eigenvalue weighted by Crippen LogP contribution is 2.53. The predicted molar refractivity (Wildman–Crippen MR) is 116 cm³/mol. The molecule has 1 saturated heterocycles. The van der Waals surface area contributed by atoms with Crippen LogP contribution in [0, 0.1) is 23.7 Å². The first-order chi connectivity index (χ1) is 14.9. The summed E-state index contributed by atoms with van der Waals surface area (Å²) in [6.07, 6.45) is 5.24. The second kappa shape index (κ2) is 7.67. The van der Waals surface area contributed by atoms with Gasteiger partial charge in [-0.05, 0) is 23.8 Å². The normalized spacial score (nSPS) is 27.3. The number of hydrogen-bond acceptors (Lipinski definition) is 6. The Bertz CT molecular complexity index is 1030. The molecule has 1 aromatic carbocycles. The lowest BCUT2D eigenvalue weighted by Gasteiger charge is -2.26. The number of fused-ring (bicyclic) bond motifs is 5. The second-order valence-electron chi connectivity index (χ2n) is 8.84. The van der Waals surface area contributed by atoms with Crippen LogP contribution in [-0.2, 0) is 20.8 Å². The van der Waals surface area contributed by atoms with Crippen molar-refractivity contribution in [3.8, 4) is 0 Å². The number of aromatic nitrogens is 2. The van der Waals surface area contributed by atoms with Gasteiger partial charge in [-0.2, -0.15) is 0 Å². The number of hydrogen-bond donors (Lipinski definition) is 1. The first kappa shape index (κ1) is 20.1. The molecular formula is C23H24N4O3S. The molecule has 2 bridgehead atoms. The van der Waals surface area contributed by atoms with Gasteiger partial charge in [-0.15, -0.1) is 10.2 Å². The van der Waals surface area contributed by atoms with E-state index in [0.717, 1.165) is 17.0 Å². The summed E-state index contributed by atoms with van der Waals surface area (Å²) in [4.78, 5) is 41.2. The molecule has 3 aliphatic rings. The van der Waals surface area contributed by atoms with Gasteiger partial charge in [0.15, 0.2) is 0 Å². The number of carbonyl (C=O) groups is 3. The van der Waals surface area contributed by atoms with E-state index >= 15 is 0 Å². The van der Waals surface area contributed by atoms with Crippen molar-refractivity contribution < 1.29 is 14.4 Å². The zero-order valence-corrected chi connectivity index (χ0v) is 18.2. The van der Waals surface area contributed by atoms with E-state index in [4.69, 9.17) is 0 Å². The maximum absolute atomic E-state index is 13.3. The predicted octanol–water partition coefficient (Wildman–Crippen LogP) is 3.02. The third kappa shape index (κ3) is 3.39. The largest absolute Gasteiger partial charge is 0.299 e. The average Bonchev–Trinajstić information content (AvgIpc) is 3.52. The van der Waals surface area contributed by atoms with Crippen LogP contribution in [0.4, 0.5) is 5.13 Å². The number of rotatable bonds is 6. The molecule has 31 heavy (non-hydrogen) atoms. The molecule has 5 rings (SSSR count). The quantitative estimate of drug-likeness (QED) is 0.555. The Morgan fingerprint density at radius 1 is 1.10 bits per heavy atom. The van der Waals surface area contributed by atoms with E-state index in [2.05, 4.69) is 27.7 Å². The van der Waals surface area contributed by atoms with Gasteiger partial charge >= 0.3 is 0 Å². The Morgan fingerprint density at radius 3 is 2.32 bits per heavy atom. The van der Waals surface area contributed by atoms with Crippen molar-refractivity contribution >= 4 is 34.2 Å². The molecule has 1 aromatic heterocycles. The van der Waals surface area contributed by atoms with Gasteiger partial charge in [-0.1, -0.05) is 67.7 Å². The molecule has 2 aromatic rings. The molecule has 3 amide bonds. The van der Waals surface area contributed by atoms with Gasteiger partial charge in [-0.25, -0.2) is 0 Å². The number of amides is 3. The van der Waals surface area contributed by atoms with Gasteiger partial charge in [0.1, 0.15) is 11.0 Å². The minimum absolute atomic E-state index is 0.105. The van der Waals surface area contributed by atoms with Gasteiger partial charge in [-0.3, -0.25) is 24.6 Å². The Balaban J connectivity index is 1.44. The molecule has 1 aliphatic heterocycles. The van der Waals surface area contributed by atoms with Crippen LogP contribution in [0.1, 0.15) is 36.8 Å². The lowest BCUT2D eigenvalue weighted by Crippen LogP contribution is -2.49. The number of anilines is 1. The minimum Gasteiger partial charge on any atom is -0.299 e. The van der Waals surface area contributed by atoms with Crippen LogP contribution >= 0.6 is 11.3 Å². The molecule has 160 valence electrons. The monoisotopic (exact) mass is 436 g/mol. The SMILES string of the molecule is CC(C)c1nnc(NC(=O)[C@H](Cc2ccccc2)N2C(=O)[C@H]3[C@H](C2=O)[C@H]2C=C[C@H]3C2)s1. The van der Waals surface area contributed by atoms with Gasteiger partial charge in [0.2, 0.25) is 22.9 Å². The van der Waals surface area contributed by atoms with Gasteiger partial charge in [0, 0.05) is 12.3 Å². The van der Waals surface area contributed by atoms with E-state index in [9.17, 15) is 14.4 Å². The van der Waals surface area contributed by atoms with Crippen LogP contribution in [0.3, 0.4) is 0 Å². The van der Waals surface area contributed by atoms with Gasteiger partial charge < -0.3 is 0 Å². The van der Waals surface area contributed by atoms with E-state index in [1.165, 1.54) is 16.2 Å². The Hall–Kier alpha value is -2.87. The molecule has 0 unspecified atom stereocenters. The van der Waals surface area contributed by atoms with E-state index in [-0.39, 0.29) is 47.8 Å². The van der Waals surface area contributed by atoms with Gasteiger partial charge in [0.05, 0.1) is 11.8 Å². The standard InChI is InChI=1S/C23H24N4O3S/c1-12(2)20-25-26-23(31-20)24-19(28)16(10-13-6-4-3-5-7-13)27-21(29)17-14-8-9-15(11-14)18(17)22(27)30/h3-9,12,14-18H,10-11H2,1-2H3,(H,24,26,28)/t14-,15-,16-,17+,18+/m0/s1. The molecule has 2 heterocycles. The van der Waals surface area contributed by atoms with Crippen LogP contribution in [0.5, 0.6) is 0 Å². The average molecular weight is 437 g/mol. The maximum atomic E-state index is 13.3. The van der Waals surface area contributed by atoms with Crippen LogP contribution in [0.2, 0.25) is 0 Å². The van der Waals surface area contributed by atoms with Gasteiger partial charge in [0.25, 0.3) is 0 Å². The number of likely N-dealkylation sites (tertiary alicyclic amines) is 1. The van der Waals surface area contributed by atoms with Crippen molar-refractivity contribution in [1.29, 1.82) is 0 Å². The number of nitrogens with one attached hydrogen (secondary N) is 1. The summed E-state index contributed by atoms with van der Waals surface area (Å²) in [5.74, 6) is -1.09. The van der Waals surface area contributed by atoms with E-state index in [1.54, 1.807) is 0 Å². The summed E-state index contributed by atoms with van der Waals surface area (Å²) >= 11 is 1.31. The highest BCUT2D eigenvalue weighted by Gasteiger charge is 2.61. The zero-order valence-electron chi connectivity index (χ0n) is 17.4. The molecule has 1 N–H and O–H groups in total. The number of carbonyl (C=O) groups excluding carboxylic acids is 3. The molecule has 2 fully saturated rings. The van der Waals surface area contributed by atoms with Crippen LogP contribution in [0.25, 0.3) is 0 Å². The summed E-state index contributed by atoms with van der Waals surface area (Å²) in [6, 6.07) is 8.55.